The summed E-state index contributed by atoms with van der Waals surface area (Å²) in [6.45, 7) is 4.36. The van der Waals surface area contributed by atoms with Crippen molar-refractivity contribution >= 4 is 40.0 Å². The molecule has 178 valence electrons. The molecule has 0 saturated carbocycles. The van der Waals surface area contributed by atoms with Crippen LogP contribution in [0.2, 0.25) is 0 Å². The summed E-state index contributed by atoms with van der Waals surface area (Å²) in [5.74, 6) is 1.48. The van der Waals surface area contributed by atoms with Crippen LogP contribution in [0.4, 0.5) is 0 Å². The van der Waals surface area contributed by atoms with E-state index in [1.807, 2.05) is 19.1 Å². The fourth-order valence-electron chi connectivity index (χ4n) is 2.82. The molecular formula is C22H33IN4O4S. The van der Waals surface area contributed by atoms with Gasteiger partial charge in [-0.05, 0) is 43.3 Å². The fourth-order valence-corrected chi connectivity index (χ4v) is 3.55. The number of hydrogen-bond acceptors (Lipinski definition) is 5. The molecule has 0 aromatic heterocycles. The van der Waals surface area contributed by atoms with Crippen LogP contribution in [0.5, 0.6) is 5.75 Å². The second-order valence-electron chi connectivity index (χ2n) is 6.94. The number of guanidine groups is 1. The van der Waals surface area contributed by atoms with Crippen LogP contribution in [-0.4, -0.2) is 48.8 Å². The number of methoxy groups -OCH3 is 1. The lowest BCUT2D eigenvalue weighted by Gasteiger charge is -2.16. The van der Waals surface area contributed by atoms with Crippen molar-refractivity contribution in [3.05, 3.63) is 59.2 Å². The van der Waals surface area contributed by atoms with Gasteiger partial charge in [-0.25, -0.2) is 13.1 Å². The zero-order chi connectivity index (χ0) is 22.7. The van der Waals surface area contributed by atoms with E-state index in [9.17, 15) is 8.42 Å². The van der Waals surface area contributed by atoms with E-state index in [-0.39, 0.29) is 28.9 Å². The van der Waals surface area contributed by atoms with Crippen molar-refractivity contribution in [2.45, 2.75) is 31.3 Å². The Kier molecular flexibility index (Phi) is 12.6. The smallest absolute Gasteiger partial charge is 0.240 e. The molecule has 32 heavy (non-hydrogen) atoms. The van der Waals surface area contributed by atoms with Gasteiger partial charge in [0.25, 0.3) is 0 Å². The quantitative estimate of drug-likeness (QED) is 0.165. The van der Waals surface area contributed by atoms with Gasteiger partial charge < -0.3 is 20.1 Å². The van der Waals surface area contributed by atoms with Gasteiger partial charge in [0, 0.05) is 45.8 Å². The van der Waals surface area contributed by atoms with E-state index in [1.165, 1.54) is 7.05 Å². The summed E-state index contributed by atoms with van der Waals surface area (Å²) in [6, 6.07) is 12.8. The van der Waals surface area contributed by atoms with Gasteiger partial charge in [0.05, 0.1) is 11.5 Å². The number of halogens is 1. The van der Waals surface area contributed by atoms with Crippen molar-refractivity contribution in [1.29, 1.82) is 0 Å². The molecule has 0 bridgehead atoms. The number of nitrogens with one attached hydrogen (secondary N) is 3. The van der Waals surface area contributed by atoms with Crippen LogP contribution in [0, 0.1) is 6.92 Å². The van der Waals surface area contributed by atoms with Crippen LogP contribution >= 0.6 is 24.0 Å². The van der Waals surface area contributed by atoms with Crippen molar-refractivity contribution in [2.75, 3.05) is 34.4 Å². The van der Waals surface area contributed by atoms with Crippen LogP contribution in [-0.2, 0) is 27.8 Å². The molecule has 2 aromatic carbocycles. The highest BCUT2D eigenvalue weighted by Gasteiger charge is 2.10. The van der Waals surface area contributed by atoms with E-state index in [4.69, 9.17) is 9.47 Å². The summed E-state index contributed by atoms with van der Waals surface area (Å²) < 4.78 is 36.9. The van der Waals surface area contributed by atoms with Gasteiger partial charge in [0.1, 0.15) is 5.75 Å². The Labute approximate surface area is 208 Å². The molecule has 0 aliphatic rings. The number of aliphatic imine (C=N–C) groups is 1. The van der Waals surface area contributed by atoms with Gasteiger partial charge in [-0.2, -0.15) is 0 Å². The van der Waals surface area contributed by atoms with Crippen molar-refractivity contribution in [3.8, 4) is 5.75 Å². The first-order valence-corrected chi connectivity index (χ1v) is 11.6. The van der Waals surface area contributed by atoms with E-state index in [1.54, 1.807) is 38.4 Å². The zero-order valence-electron chi connectivity index (χ0n) is 19.0. The number of nitrogens with zero attached hydrogens (tertiary/aromatic N) is 1. The number of ether oxygens (including phenoxy) is 2. The molecule has 2 rings (SSSR count). The molecule has 0 saturated heterocycles. The molecule has 0 radical (unpaired) electrons. The minimum Gasteiger partial charge on any atom is -0.493 e. The maximum absolute atomic E-state index is 11.8. The standard InChI is InChI=1S/C22H32N4O4S.HI/c1-17-6-9-19(21(14-17)30-13-5-12-29-4)16-26-22(23-2)25-15-18-7-10-20(11-8-18)31(27,28)24-3;/h6-11,14,24H,5,12-13,15-16H2,1-4H3,(H2,23,25,26);1H. The highest BCUT2D eigenvalue weighted by Crippen LogP contribution is 2.20. The second-order valence-corrected chi connectivity index (χ2v) is 8.82. The van der Waals surface area contributed by atoms with Crippen LogP contribution in [0.3, 0.4) is 0 Å². The minimum absolute atomic E-state index is 0. The van der Waals surface area contributed by atoms with E-state index < -0.39 is 10.0 Å². The number of hydrogen-bond donors (Lipinski definition) is 3. The van der Waals surface area contributed by atoms with E-state index in [0.717, 1.165) is 28.9 Å². The second kappa shape index (κ2) is 14.3. The van der Waals surface area contributed by atoms with E-state index in [2.05, 4.69) is 26.4 Å². The predicted octanol–water partition coefficient (Wildman–Crippen LogP) is 2.80. The molecule has 0 heterocycles. The summed E-state index contributed by atoms with van der Waals surface area (Å²) in [4.78, 5) is 4.49. The maximum atomic E-state index is 11.8. The number of aryl methyl sites for hydroxylation is 1. The summed E-state index contributed by atoms with van der Waals surface area (Å²) in [7, 11) is 1.34. The fraction of sp³-hybridized carbons (Fsp3) is 0.409. The van der Waals surface area contributed by atoms with E-state index in [0.29, 0.717) is 32.3 Å². The van der Waals surface area contributed by atoms with Crippen LogP contribution < -0.4 is 20.1 Å². The number of benzene rings is 2. The van der Waals surface area contributed by atoms with Gasteiger partial charge in [-0.1, -0.05) is 24.3 Å². The Morgan fingerprint density at radius 1 is 1.03 bits per heavy atom. The van der Waals surface area contributed by atoms with Crippen LogP contribution in [0.1, 0.15) is 23.1 Å². The van der Waals surface area contributed by atoms with Crippen LogP contribution in [0.25, 0.3) is 0 Å². The SMILES string of the molecule is CN=C(NCc1ccc(S(=O)(=O)NC)cc1)NCc1ccc(C)cc1OCCCOC.I. The highest BCUT2D eigenvalue weighted by atomic mass is 127. The monoisotopic (exact) mass is 576 g/mol. The van der Waals surface area contributed by atoms with Crippen molar-refractivity contribution in [2.24, 2.45) is 4.99 Å². The summed E-state index contributed by atoms with van der Waals surface area (Å²) >= 11 is 0. The molecule has 0 unspecified atom stereocenters. The lowest BCUT2D eigenvalue weighted by atomic mass is 10.1. The first-order chi connectivity index (χ1) is 14.9. The van der Waals surface area contributed by atoms with Gasteiger partial charge in [0.15, 0.2) is 5.96 Å². The third-order valence-corrected chi connectivity index (χ3v) is 6.04. The molecule has 2 aromatic rings. The topological polar surface area (TPSA) is 101 Å². The Hall–Kier alpha value is -1.89. The summed E-state index contributed by atoms with van der Waals surface area (Å²) in [5.41, 5.74) is 3.11. The van der Waals surface area contributed by atoms with Gasteiger partial charge >= 0.3 is 0 Å². The summed E-state index contributed by atoms with van der Waals surface area (Å²) in [5, 5.41) is 6.53. The zero-order valence-corrected chi connectivity index (χ0v) is 22.1. The maximum Gasteiger partial charge on any atom is 0.240 e. The van der Waals surface area contributed by atoms with Gasteiger partial charge in [-0.15, -0.1) is 24.0 Å². The number of sulfonamides is 1. The Bertz CT molecular complexity index is 966. The molecule has 0 aliphatic heterocycles. The average molecular weight is 577 g/mol. The third-order valence-electron chi connectivity index (χ3n) is 4.61. The minimum atomic E-state index is -3.43. The first kappa shape index (κ1) is 28.1. The van der Waals surface area contributed by atoms with E-state index >= 15 is 0 Å². The van der Waals surface area contributed by atoms with Crippen molar-refractivity contribution in [1.82, 2.24) is 15.4 Å². The predicted molar refractivity (Wildman–Crippen MR) is 138 cm³/mol. The van der Waals surface area contributed by atoms with Crippen molar-refractivity contribution in [3.63, 3.8) is 0 Å². The van der Waals surface area contributed by atoms with Gasteiger partial charge in [-0.3, -0.25) is 4.99 Å². The molecule has 0 atom stereocenters. The Morgan fingerprint density at radius 2 is 1.72 bits per heavy atom. The molecule has 8 nitrogen and oxygen atoms in total. The lowest BCUT2D eigenvalue weighted by Crippen LogP contribution is -2.36. The molecule has 0 amide bonds. The first-order valence-electron chi connectivity index (χ1n) is 10.1. The molecule has 3 N–H and O–H groups in total. The van der Waals surface area contributed by atoms with Crippen molar-refractivity contribution < 1.29 is 17.9 Å². The largest absolute Gasteiger partial charge is 0.493 e. The lowest BCUT2D eigenvalue weighted by molar-refractivity contribution is 0.171. The van der Waals surface area contributed by atoms with Gasteiger partial charge in [0.2, 0.25) is 10.0 Å². The molecule has 0 aliphatic carbocycles. The number of rotatable bonds is 11. The Morgan fingerprint density at radius 3 is 2.34 bits per heavy atom. The third kappa shape index (κ3) is 8.93. The summed E-state index contributed by atoms with van der Waals surface area (Å²) in [6.07, 6.45) is 0.828. The highest BCUT2D eigenvalue weighted by molar-refractivity contribution is 14.0. The Balaban J connectivity index is 0.00000512. The molecule has 0 fully saturated rings. The average Bonchev–Trinajstić information content (AvgIpc) is 2.78. The molecule has 0 spiro atoms. The molecule has 10 heteroatoms. The molecular weight excluding hydrogens is 543 g/mol. The normalized spacial score (nSPS) is 11.6. The van der Waals surface area contributed by atoms with Crippen LogP contribution in [0.15, 0.2) is 52.4 Å².